The van der Waals surface area contributed by atoms with Crippen molar-refractivity contribution in [2.45, 2.75) is 65.0 Å². The third-order valence-electron chi connectivity index (χ3n) is 4.11. The molecule has 1 aliphatic rings. The average Bonchev–Trinajstić information content (AvgIpc) is 3.05. The molecule has 2 rings (SSSR count). The Bertz CT molecular complexity index is 341. The van der Waals surface area contributed by atoms with Crippen molar-refractivity contribution in [3.05, 3.63) is 12.2 Å². The van der Waals surface area contributed by atoms with Crippen LogP contribution in [-0.2, 0) is 13.0 Å². The lowest BCUT2D eigenvalue weighted by molar-refractivity contribution is 0.342. The van der Waals surface area contributed by atoms with Crippen LogP contribution in [0.2, 0.25) is 0 Å². The Hall–Kier alpha value is -0.900. The Morgan fingerprint density at radius 3 is 2.83 bits per heavy atom. The molecule has 1 N–H and O–H groups in total. The zero-order chi connectivity index (χ0) is 12.8. The number of aryl methyl sites for hydroxylation is 2. The summed E-state index contributed by atoms with van der Waals surface area (Å²) in [7, 11) is 0. The topological polar surface area (TPSA) is 42.7 Å². The fourth-order valence-electron chi connectivity index (χ4n) is 3.16. The molecule has 1 aromatic rings. The van der Waals surface area contributed by atoms with Crippen LogP contribution in [0.15, 0.2) is 6.33 Å². The average molecular weight is 250 g/mol. The van der Waals surface area contributed by atoms with Gasteiger partial charge >= 0.3 is 0 Å². The second-order valence-electron chi connectivity index (χ2n) is 5.24. The van der Waals surface area contributed by atoms with E-state index in [1.807, 2.05) is 4.68 Å². The Morgan fingerprint density at radius 2 is 2.17 bits per heavy atom. The van der Waals surface area contributed by atoms with E-state index < -0.39 is 0 Å². The van der Waals surface area contributed by atoms with Gasteiger partial charge in [0.15, 0.2) is 0 Å². The van der Waals surface area contributed by atoms with Crippen LogP contribution in [0.5, 0.6) is 0 Å². The van der Waals surface area contributed by atoms with E-state index in [4.69, 9.17) is 0 Å². The molecule has 1 aliphatic carbocycles. The molecule has 0 aromatic carbocycles. The SMILES string of the molecule is CCNC(CCc1ncnn1CC)C1CCCC1. The van der Waals surface area contributed by atoms with E-state index >= 15 is 0 Å². The van der Waals surface area contributed by atoms with Gasteiger partial charge in [0.25, 0.3) is 0 Å². The van der Waals surface area contributed by atoms with Crippen molar-refractivity contribution in [1.29, 1.82) is 0 Å². The normalized spacial score (nSPS) is 18.3. The molecule has 1 unspecified atom stereocenters. The molecule has 0 amide bonds. The molecule has 18 heavy (non-hydrogen) atoms. The maximum Gasteiger partial charge on any atom is 0.138 e. The fourth-order valence-corrected chi connectivity index (χ4v) is 3.16. The van der Waals surface area contributed by atoms with Crippen molar-refractivity contribution in [2.75, 3.05) is 6.54 Å². The monoisotopic (exact) mass is 250 g/mol. The number of hydrogen-bond donors (Lipinski definition) is 1. The van der Waals surface area contributed by atoms with Gasteiger partial charge in [-0.05, 0) is 38.6 Å². The Morgan fingerprint density at radius 1 is 1.39 bits per heavy atom. The van der Waals surface area contributed by atoms with Crippen molar-refractivity contribution in [3.63, 3.8) is 0 Å². The molecule has 0 saturated heterocycles. The van der Waals surface area contributed by atoms with E-state index in [0.717, 1.165) is 31.3 Å². The highest BCUT2D eigenvalue weighted by Crippen LogP contribution is 2.29. The van der Waals surface area contributed by atoms with Crippen LogP contribution in [0, 0.1) is 5.92 Å². The van der Waals surface area contributed by atoms with E-state index in [1.54, 1.807) is 6.33 Å². The van der Waals surface area contributed by atoms with Gasteiger partial charge in [0.2, 0.25) is 0 Å². The highest BCUT2D eigenvalue weighted by molar-refractivity contribution is 4.89. The van der Waals surface area contributed by atoms with Crippen molar-refractivity contribution >= 4 is 0 Å². The summed E-state index contributed by atoms with van der Waals surface area (Å²) in [6.45, 7) is 6.32. The van der Waals surface area contributed by atoms with Crippen LogP contribution in [0.3, 0.4) is 0 Å². The molecule has 0 spiro atoms. The van der Waals surface area contributed by atoms with Gasteiger partial charge in [-0.15, -0.1) is 0 Å². The van der Waals surface area contributed by atoms with Gasteiger partial charge in [-0.25, -0.2) is 4.98 Å². The van der Waals surface area contributed by atoms with Gasteiger partial charge in [0, 0.05) is 19.0 Å². The van der Waals surface area contributed by atoms with E-state index in [-0.39, 0.29) is 0 Å². The molecule has 4 nitrogen and oxygen atoms in total. The summed E-state index contributed by atoms with van der Waals surface area (Å²) in [5, 5.41) is 7.91. The van der Waals surface area contributed by atoms with Gasteiger partial charge in [0.1, 0.15) is 12.2 Å². The Balaban J connectivity index is 1.88. The van der Waals surface area contributed by atoms with E-state index in [1.165, 1.54) is 32.1 Å². The van der Waals surface area contributed by atoms with E-state index in [9.17, 15) is 0 Å². The van der Waals surface area contributed by atoms with Gasteiger partial charge < -0.3 is 5.32 Å². The Kier molecular flexibility index (Phi) is 5.17. The second kappa shape index (κ2) is 6.88. The molecule has 102 valence electrons. The Labute approximate surface area is 110 Å². The summed E-state index contributed by atoms with van der Waals surface area (Å²) < 4.78 is 2.01. The van der Waals surface area contributed by atoms with Crippen molar-refractivity contribution in [1.82, 2.24) is 20.1 Å². The number of aromatic nitrogens is 3. The standard InChI is InChI=1S/C14H26N4/c1-3-15-13(12-7-5-6-8-12)9-10-14-16-11-17-18(14)4-2/h11-13,15H,3-10H2,1-2H3. The van der Waals surface area contributed by atoms with E-state index in [0.29, 0.717) is 6.04 Å². The summed E-state index contributed by atoms with van der Waals surface area (Å²) in [5.74, 6) is 2.02. The third-order valence-corrected chi connectivity index (χ3v) is 4.11. The number of hydrogen-bond acceptors (Lipinski definition) is 3. The highest BCUT2D eigenvalue weighted by atomic mass is 15.3. The maximum absolute atomic E-state index is 4.37. The number of nitrogens with one attached hydrogen (secondary N) is 1. The zero-order valence-corrected chi connectivity index (χ0v) is 11.7. The zero-order valence-electron chi connectivity index (χ0n) is 11.7. The first-order chi connectivity index (χ1) is 8.85. The lowest BCUT2D eigenvalue weighted by atomic mass is 9.94. The third kappa shape index (κ3) is 3.31. The quantitative estimate of drug-likeness (QED) is 0.808. The van der Waals surface area contributed by atoms with Crippen molar-refractivity contribution in [2.24, 2.45) is 5.92 Å². The molecule has 1 fully saturated rings. The first kappa shape index (κ1) is 13.5. The van der Waals surface area contributed by atoms with Crippen LogP contribution in [0.4, 0.5) is 0 Å². The maximum atomic E-state index is 4.37. The molecule has 0 aliphatic heterocycles. The van der Waals surface area contributed by atoms with Gasteiger partial charge in [0.05, 0.1) is 0 Å². The molecule has 4 heteroatoms. The molecular weight excluding hydrogens is 224 g/mol. The predicted molar refractivity (Wildman–Crippen MR) is 73.4 cm³/mol. The minimum atomic E-state index is 0.666. The molecule has 0 radical (unpaired) electrons. The molecule has 1 atom stereocenters. The van der Waals surface area contributed by atoms with E-state index in [2.05, 4.69) is 29.2 Å². The molecule has 0 bridgehead atoms. The summed E-state index contributed by atoms with van der Waals surface area (Å²) in [6, 6.07) is 0.666. The first-order valence-corrected chi connectivity index (χ1v) is 7.45. The molecule has 1 aromatic heterocycles. The van der Waals surface area contributed by atoms with Crippen LogP contribution >= 0.6 is 0 Å². The van der Waals surface area contributed by atoms with Gasteiger partial charge in [-0.1, -0.05) is 19.8 Å². The first-order valence-electron chi connectivity index (χ1n) is 7.45. The number of nitrogens with zero attached hydrogens (tertiary/aromatic N) is 3. The van der Waals surface area contributed by atoms with Crippen LogP contribution in [0.1, 0.15) is 51.8 Å². The van der Waals surface area contributed by atoms with Crippen molar-refractivity contribution < 1.29 is 0 Å². The molecule has 1 saturated carbocycles. The summed E-state index contributed by atoms with van der Waals surface area (Å²) in [5.41, 5.74) is 0. The van der Waals surface area contributed by atoms with Crippen LogP contribution < -0.4 is 5.32 Å². The lowest BCUT2D eigenvalue weighted by Crippen LogP contribution is -2.35. The lowest BCUT2D eigenvalue weighted by Gasteiger charge is -2.24. The van der Waals surface area contributed by atoms with Crippen molar-refractivity contribution in [3.8, 4) is 0 Å². The van der Waals surface area contributed by atoms with Crippen LogP contribution in [0.25, 0.3) is 0 Å². The second-order valence-corrected chi connectivity index (χ2v) is 5.24. The van der Waals surface area contributed by atoms with Gasteiger partial charge in [-0.2, -0.15) is 5.10 Å². The minimum Gasteiger partial charge on any atom is -0.314 e. The summed E-state index contributed by atoms with van der Waals surface area (Å²) in [6.07, 6.45) is 9.54. The molecule has 1 heterocycles. The summed E-state index contributed by atoms with van der Waals surface area (Å²) in [4.78, 5) is 4.37. The molecular formula is C14H26N4. The number of rotatable bonds is 7. The fraction of sp³-hybridized carbons (Fsp3) is 0.857. The highest BCUT2D eigenvalue weighted by Gasteiger charge is 2.24. The minimum absolute atomic E-state index is 0.666. The summed E-state index contributed by atoms with van der Waals surface area (Å²) >= 11 is 0. The smallest absolute Gasteiger partial charge is 0.138 e. The van der Waals surface area contributed by atoms with Crippen LogP contribution in [-0.4, -0.2) is 27.4 Å². The predicted octanol–water partition coefficient (Wildman–Crippen LogP) is 2.40. The van der Waals surface area contributed by atoms with Gasteiger partial charge in [-0.3, -0.25) is 4.68 Å². The largest absolute Gasteiger partial charge is 0.314 e.